The lowest BCUT2D eigenvalue weighted by molar-refractivity contribution is -0.0306. The Balaban J connectivity index is 1.34. The molecule has 0 bridgehead atoms. The number of ether oxygens (including phenoxy) is 2. The lowest BCUT2D eigenvalue weighted by Crippen LogP contribution is -2.44. The van der Waals surface area contributed by atoms with Gasteiger partial charge in [0.2, 0.25) is 0 Å². The Morgan fingerprint density at radius 2 is 1.70 bits per heavy atom. The van der Waals surface area contributed by atoms with Crippen LogP contribution in [0.15, 0.2) is 72.9 Å². The van der Waals surface area contributed by atoms with Crippen LogP contribution in [0.5, 0.6) is 5.75 Å². The minimum atomic E-state index is -0.839. The van der Waals surface area contributed by atoms with E-state index >= 15 is 0 Å². The largest absolute Gasteiger partial charge is 0.451 e. The van der Waals surface area contributed by atoms with Crippen LogP contribution in [-0.4, -0.2) is 36.9 Å². The standard InChI is InChI=1S/C24H26ClN3O2/c25-24(29-18-20-5-2-1-3-6-20)30-22-10-8-19(9-11-22)17-21-7-4-12-27-23(21)28-15-13-26-14-16-28/h1-12,24,26H,13-18H2. The zero-order valence-corrected chi connectivity index (χ0v) is 17.6. The molecule has 0 amide bonds. The van der Waals surface area contributed by atoms with Gasteiger partial charge < -0.3 is 19.7 Å². The highest BCUT2D eigenvalue weighted by Crippen LogP contribution is 2.23. The molecule has 1 saturated heterocycles. The fraction of sp³-hybridized carbons (Fsp3) is 0.292. The first-order chi connectivity index (χ1) is 14.8. The zero-order chi connectivity index (χ0) is 20.6. The molecular formula is C24H26ClN3O2. The van der Waals surface area contributed by atoms with E-state index in [0.717, 1.165) is 44.0 Å². The SMILES string of the molecule is ClC(OCc1ccccc1)Oc1ccc(Cc2cccnc2N2CCNCC2)cc1. The molecule has 4 rings (SSSR count). The lowest BCUT2D eigenvalue weighted by Gasteiger charge is -2.30. The summed E-state index contributed by atoms with van der Waals surface area (Å²) in [5, 5.41) is 3.39. The van der Waals surface area contributed by atoms with Crippen molar-refractivity contribution in [2.45, 2.75) is 18.8 Å². The van der Waals surface area contributed by atoms with Crippen LogP contribution in [0.25, 0.3) is 0 Å². The summed E-state index contributed by atoms with van der Waals surface area (Å²) in [5.74, 6) is 0.920. The molecule has 2 aromatic carbocycles. The minimum Gasteiger partial charge on any atom is -0.451 e. The summed E-state index contributed by atoms with van der Waals surface area (Å²) in [4.78, 5) is 6.99. The van der Waals surface area contributed by atoms with Crippen LogP contribution in [0.2, 0.25) is 0 Å². The molecule has 1 aliphatic heterocycles. The number of halogens is 1. The molecule has 1 N–H and O–H groups in total. The number of nitrogens with zero attached hydrogens (tertiary/aromatic N) is 2. The fourth-order valence-corrected chi connectivity index (χ4v) is 3.68. The lowest BCUT2D eigenvalue weighted by atomic mass is 10.0. The molecule has 156 valence electrons. The number of aromatic nitrogens is 1. The quantitative estimate of drug-likeness (QED) is 0.434. The van der Waals surface area contributed by atoms with Crippen LogP contribution >= 0.6 is 11.6 Å². The van der Waals surface area contributed by atoms with Gasteiger partial charge >= 0.3 is 0 Å². The van der Waals surface area contributed by atoms with E-state index in [-0.39, 0.29) is 0 Å². The van der Waals surface area contributed by atoms with Gasteiger partial charge in [0.05, 0.1) is 6.61 Å². The van der Waals surface area contributed by atoms with Gasteiger partial charge in [-0.3, -0.25) is 0 Å². The highest BCUT2D eigenvalue weighted by atomic mass is 35.5. The van der Waals surface area contributed by atoms with Crippen LogP contribution in [0.3, 0.4) is 0 Å². The van der Waals surface area contributed by atoms with Crippen molar-refractivity contribution in [1.29, 1.82) is 0 Å². The molecule has 1 aliphatic rings. The highest BCUT2D eigenvalue weighted by molar-refractivity contribution is 6.18. The van der Waals surface area contributed by atoms with Crippen LogP contribution in [0.4, 0.5) is 5.82 Å². The minimum absolute atomic E-state index is 0.406. The van der Waals surface area contributed by atoms with E-state index in [2.05, 4.69) is 33.4 Å². The molecular weight excluding hydrogens is 398 g/mol. The maximum atomic E-state index is 6.18. The van der Waals surface area contributed by atoms with Gasteiger partial charge in [0, 0.05) is 38.8 Å². The third-order valence-corrected chi connectivity index (χ3v) is 5.27. The van der Waals surface area contributed by atoms with Gasteiger partial charge in [-0.05, 0) is 46.5 Å². The number of hydrogen-bond donors (Lipinski definition) is 1. The van der Waals surface area contributed by atoms with Gasteiger partial charge in [-0.25, -0.2) is 4.98 Å². The van der Waals surface area contributed by atoms with Crippen LogP contribution in [0.1, 0.15) is 16.7 Å². The maximum Gasteiger partial charge on any atom is 0.280 e. The van der Waals surface area contributed by atoms with E-state index in [1.54, 1.807) is 0 Å². The van der Waals surface area contributed by atoms with Gasteiger partial charge in [0.1, 0.15) is 11.6 Å². The number of pyridine rings is 1. The van der Waals surface area contributed by atoms with Gasteiger partial charge in [0.25, 0.3) is 5.75 Å². The molecule has 0 radical (unpaired) electrons. The first-order valence-electron chi connectivity index (χ1n) is 10.2. The first kappa shape index (κ1) is 20.7. The van der Waals surface area contributed by atoms with E-state index in [9.17, 15) is 0 Å². The maximum absolute atomic E-state index is 6.18. The summed E-state index contributed by atoms with van der Waals surface area (Å²) >= 11 is 6.18. The predicted molar refractivity (Wildman–Crippen MR) is 120 cm³/mol. The fourth-order valence-electron chi connectivity index (χ4n) is 3.51. The summed E-state index contributed by atoms with van der Waals surface area (Å²) in [7, 11) is 0. The normalized spacial score (nSPS) is 15.0. The van der Waals surface area contributed by atoms with Crippen molar-refractivity contribution >= 4 is 17.4 Å². The predicted octanol–water partition coefficient (Wildman–Crippen LogP) is 4.20. The molecule has 0 spiro atoms. The number of hydrogen-bond acceptors (Lipinski definition) is 5. The number of anilines is 1. The number of piperazine rings is 1. The Morgan fingerprint density at radius 3 is 2.47 bits per heavy atom. The van der Waals surface area contributed by atoms with Gasteiger partial charge in [-0.1, -0.05) is 48.5 Å². The smallest absolute Gasteiger partial charge is 0.280 e. The molecule has 6 heteroatoms. The highest BCUT2D eigenvalue weighted by Gasteiger charge is 2.15. The molecule has 1 unspecified atom stereocenters. The Hall–Kier alpha value is -2.60. The molecule has 0 aliphatic carbocycles. The molecule has 3 aromatic rings. The second kappa shape index (κ2) is 10.4. The Labute approximate surface area is 182 Å². The van der Waals surface area contributed by atoms with Crippen molar-refractivity contribution in [2.24, 2.45) is 0 Å². The van der Waals surface area contributed by atoms with E-state index in [1.165, 1.54) is 11.1 Å². The van der Waals surface area contributed by atoms with E-state index in [1.807, 2.05) is 54.7 Å². The summed E-state index contributed by atoms with van der Waals surface area (Å²) < 4.78 is 11.2. The molecule has 1 fully saturated rings. The molecule has 1 atom stereocenters. The number of alkyl halides is 1. The summed E-state index contributed by atoms with van der Waals surface area (Å²) in [6, 6.07) is 22.0. The topological polar surface area (TPSA) is 46.6 Å². The van der Waals surface area contributed by atoms with Gasteiger partial charge in [0.15, 0.2) is 0 Å². The first-order valence-corrected chi connectivity index (χ1v) is 10.7. The van der Waals surface area contributed by atoms with E-state index in [4.69, 9.17) is 21.1 Å². The average Bonchev–Trinajstić information content (AvgIpc) is 2.81. The zero-order valence-electron chi connectivity index (χ0n) is 16.8. The van der Waals surface area contributed by atoms with Crippen LogP contribution < -0.4 is 15.0 Å². The molecule has 2 heterocycles. The van der Waals surface area contributed by atoms with Crippen molar-refractivity contribution in [3.05, 3.63) is 89.6 Å². The van der Waals surface area contributed by atoms with E-state index < -0.39 is 5.75 Å². The van der Waals surface area contributed by atoms with Crippen molar-refractivity contribution in [3.8, 4) is 5.75 Å². The van der Waals surface area contributed by atoms with Crippen molar-refractivity contribution in [2.75, 3.05) is 31.1 Å². The van der Waals surface area contributed by atoms with Gasteiger partial charge in [-0.15, -0.1) is 0 Å². The summed E-state index contributed by atoms with van der Waals surface area (Å²) in [6.07, 6.45) is 2.69. The molecule has 0 saturated carbocycles. The summed E-state index contributed by atoms with van der Waals surface area (Å²) in [6.45, 7) is 4.36. The number of rotatable bonds is 8. The molecule has 5 nitrogen and oxygen atoms in total. The van der Waals surface area contributed by atoms with Crippen molar-refractivity contribution in [3.63, 3.8) is 0 Å². The van der Waals surface area contributed by atoms with Crippen LogP contribution in [-0.2, 0) is 17.8 Å². The Morgan fingerprint density at radius 1 is 0.933 bits per heavy atom. The Kier molecular flexibility index (Phi) is 7.19. The monoisotopic (exact) mass is 423 g/mol. The van der Waals surface area contributed by atoms with Crippen molar-refractivity contribution < 1.29 is 9.47 Å². The van der Waals surface area contributed by atoms with Gasteiger partial charge in [-0.2, -0.15) is 0 Å². The Bertz CT molecular complexity index is 915. The molecule has 1 aromatic heterocycles. The second-order valence-corrected chi connectivity index (χ2v) is 7.59. The van der Waals surface area contributed by atoms with E-state index in [0.29, 0.717) is 12.4 Å². The third kappa shape index (κ3) is 5.72. The second-order valence-electron chi connectivity index (χ2n) is 7.23. The number of benzene rings is 2. The van der Waals surface area contributed by atoms with Crippen LogP contribution in [0, 0.1) is 0 Å². The number of nitrogens with one attached hydrogen (secondary N) is 1. The van der Waals surface area contributed by atoms with Crippen molar-refractivity contribution in [1.82, 2.24) is 10.3 Å². The average molecular weight is 424 g/mol. The summed E-state index contributed by atoms with van der Waals surface area (Å²) in [5.41, 5.74) is 3.48. The third-order valence-electron chi connectivity index (χ3n) is 5.05. The molecule has 30 heavy (non-hydrogen) atoms.